The third kappa shape index (κ3) is 2.92. The number of aromatic carboxylic acids is 1. The quantitative estimate of drug-likeness (QED) is 0.657. The second-order valence-electron chi connectivity index (χ2n) is 6.19. The van der Waals surface area contributed by atoms with Crippen molar-refractivity contribution in [2.24, 2.45) is 5.73 Å². The number of nitrogens with zero attached hydrogens (tertiary/aromatic N) is 2. The van der Waals surface area contributed by atoms with E-state index in [1.165, 1.54) is 0 Å². The molecule has 1 aliphatic heterocycles. The fourth-order valence-corrected chi connectivity index (χ4v) is 4.10. The van der Waals surface area contributed by atoms with Gasteiger partial charge in [-0.2, -0.15) is 0 Å². The van der Waals surface area contributed by atoms with Crippen LogP contribution in [0.2, 0.25) is 0 Å². The third-order valence-electron chi connectivity index (χ3n) is 4.44. The first-order valence-corrected chi connectivity index (χ1v) is 8.87. The molecule has 130 valence electrons. The Labute approximate surface area is 143 Å². The fraction of sp³-hybridized carbons (Fsp3) is 0.500. The molecule has 0 bridgehead atoms. The van der Waals surface area contributed by atoms with Crippen LogP contribution >= 0.6 is 11.3 Å². The summed E-state index contributed by atoms with van der Waals surface area (Å²) in [6, 6.07) is 1.75. The summed E-state index contributed by atoms with van der Waals surface area (Å²) in [7, 11) is 0. The van der Waals surface area contributed by atoms with E-state index < -0.39 is 12.1 Å². The van der Waals surface area contributed by atoms with Gasteiger partial charge in [-0.05, 0) is 24.5 Å². The monoisotopic (exact) mass is 350 g/mol. The fourth-order valence-electron chi connectivity index (χ4n) is 3.13. The lowest BCUT2D eigenvalue weighted by Crippen LogP contribution is -2.50. The van der Waals surface area contributed by atoms with E-state index in [1.807, 2.05) is 11.0 Å². The summed E-state index contributed by atoms with van der Waals surface area (Å²) in [5.74, 6) is -0.283. The maximum absolute atomic E-state index is 11.4. The first-order chi connectivity index (χ1) is 11.4. The number of fused-ring (bicyclic) bond motifs is 1. The van der Waals surface area contributed by atoms with Crippen molar-refractivity contribution < 1.29 is 15.0 Å². The highest BCUT2D eigenvalue weighted by Crippen LogP contribution is 2.37. The number of β-amino-alcohol motifs (C(OH)–C–C–N with tert-alkyl or cyclic N) is 1. The molecule has 0 aliphatic carbocycles. The number of carbonyl (C=O) groups is 1. The van der Waals surface area contributed by atoms with E-state index in [4.69, 9.17) is 11.5 Å². The van der Waals surface area contributed by atoms with Crippen LogP contribution in [0.4, 0.5) is 11.5 Å². The number of nitrogen functional groups attached to an aromatic ring is 1. The number of anilines is 2. The SMILES string of the molecule is CCCc1cc(N2CCC(N)C(O)C2)nc2sc(C(=O)O)c(N)c12. The van der Waals surface area contributed by atoms with Crippen LogP contribution in [0.15, 0.2) is 6.07 Å². The molecule has 3 heterocycles. The summed E-state index contributed by atoms with van der Waals surface area (Å²) in [6.07, 6.45) is 1.82. The molecule has 6 N–H and O–H groups in total. The molecular weight excluding hydrogens is 328 g/mol. The molecular formula is C16H22N4O3S. The van der Waals surface area contributed by atoms with Crippen molar-refractivity contribution in [2.45, 2.75) is 38.3 Å². The van der Waals surface area contributed by atoms with Gasteiger partial charge in [0.25, 0.3) is 0 Å². The van der Waals surface area contributed by atoms with E-state index >= 15 is 0 Å². The van der Waals surface area contributed by atoms with Crippen LogP contribution in [-0.2, 0) is 6.42 Å². The number of piperidine rings is 1. The van der Waals surface area contributed by atoms with E-state index in [0.717, 1.165) is 47.5 Å². The molecule has 1 fully saturated rings. The van der Waals surface area contributed by atoms with Crippen molar-refractivity contribution in [2.75, 3.05) is 23.7 Å². The lowest BCUT2D eigenvalue weighted by atomic mass is 10.0. The van der Waals surface area contributed by atoms with Crippen molar-refractivity contribution in [1.82, 2.24) is 4.98 Å². The number of aryl methyl sites for hydroxylation is 1. The topological polar surface area (TPSA) is 126 Å². The van der Waals surface area contributed by atoms with Crippen LogP contribution in [0.25, 0.3) is 10.2 Å². The molecule has 2 unspecified atom stereocenters. The predicted octanol–water partition coefficient (Wildman–Crippen LogP) is 1.43. The van der Waals surface area contributed by atoms with E-state index in [1.54, 1.807) is 0 Å². The van der Waals surface area contributed by atoms with Crippen molar-refractivity contribution in [3.05, 3.63) is 16.5 Å². The number of hydrogen-bond donors (Lipinski definition) is 4. The van der Waals surface area contributed by atoms with Crippen LogP contribution in [0.3, 0.4) is 0 Å². The smallest absolute Gasteiger partial charge is 0.348 e. The van der Waals surface area contributed by atoms with Gasteiger partial charge >= 0.3 is 5.97 Å². The van der Waals surface area contributed by atoms with Gasteiger partial charge < -0.3 is 26.6 Å². The van der Waals surface area contributed by atoms with Gasteiger partial charge in [-0.3, -0.25) is 0 Å². The second-order valence-corrected chi connectivity index (χ2v) is 7.18. The minimum atomic E-state index is -1.03. The number of aliphatic hydroxyl groups excluding tert-OH is 1. The molecule has 1 saturated heterocycles. The molecule has 2 aromatic heterocycles. The number of nitrogens with two attached hydrogens (primary N) is 2. The molecule has 0 aromatic carbocycles. The number of pyridine rings is 1. The average Bonchev–Trinajstić information content (AvgIpc) is 2.88. The Morgan fingerprint density at radius 2 is 2.29 bits per heavy atom. The van der Waals surface area contributed by atoms with Gasteiger partial charge in [-0.25, -0.2) is 9.78 Å². The summed E-state index contributed by atoms with van der Waals surface area (Å²) in [4.78, 5) is 18.8. The van der Waals surface area contributed by atoms with Crippen molar-refractivity contribution in [3.63, 3.8) is 0 Å². The highest BCUT2D eigenvalue weighted by Gasteiger charge is 2.27. The zero-order valence-electron chi connectivity index (χ0n) is 13.5. The van der Waals surface area contributed by atoms with E-state index in [2.05, 4.69) is 11.9 Å². The Balaban J connectivity index is 2.08. The van der Waals surface area contributed by atoms with Gasteiger partial charge in [0.2, 0.25) is 0 Å². The van der Waals surface area contributed by atoms with Gasteiger partial charge in [0.1, 0.15) is 15.5 Å². The molecule has 0 saturated carbocycles. The van der Waals surface area contributed by atoms with Gasteiger partial charge in [-0.15, -0.1) is 11.3 Å². The number of rotatable bonds is 4. The molecule has 0 spiro atoms. The molecule has 2 atom stereocenters. The molecule has 2 aromatic rings. The standard InChI is InChI=1S/C16H22N4O3S/c1-2-3-8-6-11(20-5-4-9(17)10(21)7-20)19-15-12(8)13(18)14(24-15)16(22)23/h6,9-10,21H,2-5,7,17-18H2,1H3,(H,22,23). The Morgan fingerprint density at radius 1 is 1.54 bits per heavy atom. The lowest BCUT2D eigenvalue weighted by molar-refractivity contribution is 0.0703. The largest absolute Gasteiger partial charge is 0.477 e. The second kappa shape index (κ2) is 6.54. The number of carboxylic acids is 1. The van der Waals surface area contributed by atoms with Crippen LogP contribution in [0.5, 0.6) is 0 Å². The van der Waals surface area contributed by atoms with Gasteiger partial charge in [0, 0.05) is 24.5 Å². The Kier molecular flexibility index (Phi) is 4.62. The molecule has 7 nitrogen and oxygen atoms in total. The highest BCUT2D eigenvalue weighted by atomic mass is 32.1. The van der Waals surface area contributed by atoms with E-state index in [0.29, 0.717) is 23.5 Å². The normalized spacial score (nSPS) is 21.4. The number of aromatic nitrogens is 1. The number of thiophene rings is 1. The first kappa shape index (κ1) is 16.9. The molecule has 0 amide bonds. The van der Waals surface area contributed by atoms with Crippen LogP contribution in [0, 0.1) is 0 Å². The Morgan fingerprint density at radius 3 is 2.92 bits per heavy atom. The third-order valence-corrected chi connectivity index (χ3v) is 5.53. The zero-order valence-corrected chi connectivity index (χ0v) is 14.3. The average molecular weight is 350 g/mol. The minimum absolute atomic E-state index is 0.132. The summed E-state index contributed by atoms with van der Waals surface area (Å²) < 4.78 is 0. The molecule has 8 heteroatoms. The van der Waals surface area contributed by atoms with Crippen molar-refractivity contribution >= 4 is 39.0 Å². The number of hydrogen-bond acceptors (Lipinski definition) is 7. The van der Waals surface area contributed by atoms with Gasteiger partial charge in [0.15, 0.2) is 0 Å². The minimum Gasteiger partial charge on any atom is -0.477 e. The maximum Gasteiger partial charge on any atom is 0.348 e. The summed E-state index contributed by atoms with van der Waals surface area (Å²) in [5.41, 5.74) is 13.2. The van der Waals surface area contributed by atoms with E-state index in [9.17, 15) is 15.0 Å². The van der Waals surface area contributed by atoms with Crippen LogP contribution in [0.1, 0.15) is 35.0 Å². The lowest BCUT2D eigenvalue weighted by Gasteiger charge is -2.35. The van der Waals surface area contributed by atoms with Gasteiger partial charge in [0.05, 0.1) is 11.8 Å². The van der Waals surface area contributed by atoms with Crippen LogP contribution < -0.4 is 16.4 Å². The Bertz CT molecular complexity index is 776. The highest BCUT2D eigenvalue weighted by molar-refractivity contribution is 7.21. The summed E-state index contributed by atoms with van der Waals surface area (Å²) in [5, 5.41) is 20.1. The summed E-state index contributed by atoms with van der Waals surface area (Å²) >= 11 is 1.10. The maximum atomic E-state index is 11.4. The summed E-state index contributed by atoms with van der Waals surface area (Å²) in [6.45, 7) is 3.21. The number of aliphatic hydroxyl groups is 1. The van der Waals surface area contributed by atoms with Crippen LogP contribution in [-0.4, -0.2) is 46.4 Å². The first-order valence-electron chi connectivity index (χ1n) is 8.06. The van der Waals surface area contributed by atoms with Gasteiger partial charge in [-0.1, -0.05) is 13.3 Å². The molecule has 0 radical (unpaired) electrons. The predicted molar refractivity (Wildman–Crippen MR) is 95.8 cm³/mol. The Hall–Kier alpha value is -1.90. The number of carboxylic acid groups (broad SMARTS) is 1. The van der Waals surface area contributed by atoms with E-state index in [-0.39, 0.29) is 10.9 Å². The van der Waals surface area contributed by atoms with Crippen molar-refractivity contribution in [1.29, 1.82) is 0 Å². The molecule has 1 aliphatic rings. The van der Waals surface area contributed by atoms with Crippen molar-refractivity contribution in [3.8, 4) is 0 Å². The molecule has 24 heavy (non-hydrogen) atoms. The zero-order chi connectivity index (χ0) is 17.4. The molecule has 3 rings (SSSR count).